The first-order valence-corrected chi connectivity index (χ1v) is 8.95. The monoisotopic (exact) mass is 351 g/mol. The molecule has 1 saturated heterocycles. The molecule has 0 saturated carbocycles. The molecule has 1 aromatic carbocycles. The molecule has 3 rings (SSSR count). The van der Waals surface area contributed by atoms with Gasteiger partial charge in [0, 0.05) is 16.7 Å². The van der Waals surface area contributed by atoms with Gasteiger partial charge in [0.25, 0.3) is 5.91 Å². The smallest absolute Gasteiger partial charge is 0.338 e. The van der Waals surface area contributed by atoms with Crippen molar-refractivity contribution in [1.82, 2.24) is 0 Å². The number of thioether (sulfide) groups is 1. The van der Waals surface area contributed by atoms with Gasteiger partial charge in [0.2, 0.25) is 0 Å². The quantitative estimate of drug-likeness (QED) is 0.775. The molecule has 24 heavy (non-hydrogen) atoms. The third-order valence-corrected chi connectivity index (χ3v) is 5.20. The van der Waals surface area contributed by atoms with E-state index in [1.807, 2.05) is 24.3 Å². The van der Waals surface area contributed by atoms with E-state index < -0.39 is 12.1 Å². The lowest BCUT2D eigenvalue weighted by atomic mass is 10.2. The Hall–Kier alpha value is -1.57. The second kappa shape index (κ2) is 8.00. The second-order valence-electron chi connectivity index (χ2n) is 5.77. The van der Waals surface area contributed by atoms with Gasteiger partial charge in [0.05, 0.1) is 25.5 Å². The molecule has 0 aliphatic carbocycles. The van der Waals surface area contributed by atoms with E-state index in [0.29, 0.717) is 25.0 Å². The van der Waals surface area contributed by atoms with Gasteiger partial charge in [-0.05, 0) is 18.6 Å². The van der Waals surface area contributed by atoms with Gasteiger partial charge in [0.15, 0.2) is 12.7 Å². The standard InChI is InChI=1S/C17H21NO5S/c1-12-6-7-18(13-4-2-3-5-15(13)24-12)16(19)11-23-17(20)14-10-21-8-9-22-14/h2-5,12,14H,6-11H2,1H3/t12-,14-/m0/s1. The van der Waals surface area contributed by atoms with Gasteiger partial charge in [0.1, 0.15) is 0 Å². The maximum absolute atomic E-state index is 12.6. The fourth-order valence-electron chi connectivity index (χ4n) is 2.67. The van der Waals surface area contributed by atoms with Crippen LogP contribution in [0.4, 0.5) is 5.69 Å². The van der Waals surface area contributed by atoms with Crippen LogP contribution in [0.1, 0.15) is 13.3 Å². The summed E-state index contributed by atoms with van der Waals surface area (Å²) in [6.07, 6.45) is 0.150. The Bertz CT molecular complexity index is 602. The number of rotatable bonds is 3. The lowest BCUT2D eigenvalue weighted by Crippen LogP contribution is -2.40. The summed E-state index contributed by atoms with van der Waals surface area (Å²) < 4.78 is 15.6. The minimum Gasteiger partial charge on any atom is -0.454 e. The summed E-state index contributed by atoms with van der Waals surface area (Å²) in [5.41, 5.74) is 0.880. The number of hydrogen-bond donors (Lipinski definition) is 0. The zero-order valence-corrected chi connectivity index (χ0v) is 14.4. The van der Waals surface area contributed by atoms with Gasteiger partial charge < -0.3 is 19.1 Å². The number of anilines is 1. The highest BCUT2D eigenvalue weighted by Gasteiger charge is 2.28. The Morgan fingerprint density at radius 2 is 2.17 bits per heavy atom. The molecule has 2 atom stereocenters. The normalized spacial score (nSPS) is 24.0. The molecule has 7 heteroatoms. The van der Waals surface area contributed by atoms with E-state index in [2.05, 4.69) is 6.92 Å². The molecule has 2 aliphatic rings. The average Bonchev–Trinajstić information content (AvgIpc) is 2.78. The van der Waals surface area contributed by atoms with Crippen molar-refractivity contribution in [2.75, 3.05) is 37.9 Å². The van der Waals surface area contributed by atoms with Gasteiger partial charge in [-0.1, -0.05) is 19.1 Å². The summed E-state index contributed by atoms with van der Waals surface area (Å²) in [4.78, 5) is 27.3. The molecule has 6 nitrogen and oxygen atoms in total. The molecular formula is C17H21NO5S. The highest BCUT2D eigenvalue weighted by molar-refractivity contribution is 8.00. The molecule has 0 radical (unpaired) electrons. The van der Waals surface area contributed by atoms with Gasteiger partial charge in [-0.25, -0.2) is 4.79 Å². The topological polar surface area (TPSA) is 65.1 Å². The van der Waals surface area contributed by atoms with Crippen LogP contribution < -0.4 is 4.90 Å². The summed E-state index contributed by atoms with van der Waals surface area (Å²) >= 11 is 1.76. The SMILES string of the molecule is C[C@H]1CCN(C(=O)COC(=O)[C@@H]2COCCO2)c2ccccc2S1. The van der Waals surface area contributed by atoms with Crippen LogP contribution in [0.25, 0.3) is 0 Å². The van der Waals surface area contributed by atoms with Gasteiger partial charge >= 0.3 is 5.97 Å². The van der Waals surface area contributed by atoms with Crippen LogP contribution >= 0.6 is 11.8 Å². The third kappa shape index (κ3) is 4.09. The van der Waals surface area contributed by atoms with Crippen LogP contribution in [0.15, 0.2) is 29.2 Å². The van der Waals surface area contributed by atoms with Crippen molar-refractivity contribution in [1.29, 1.82) is 0 Å². The molecular weight excluding hydrogens is 330 g/mol. The van der Waals surface area contributed by atoms with E-state index in [-0.39, 0.29) is 19.1 Å². The Balaban J connectivity index is 1.63. The zero-order chi connectivity index (χ0) is 16.9. The van der Waals surface area contributed by atoms with Crippen LogP contribution in [0.2, 0.25) is 0 Å². The van der Waals surface area contributed by atoms with Crippen LogP contribution in [-0.4, -0.2) is 56.2 Å². The molecule has 0 aromatic heterocycles. The number of benzene rings is 1. The lowest BCUT2D eigenvalue weighted by molar-refractivity contribution is -0.172. The first-order valence-electron chi connectivity index (χ1n) is 8.07. The Kier molecular flexibility index (Phi) is 5.76. The summed E-state index contributed by atoms with van der Waals surface area (Å²) in [5.74, 6) is -0.767. The number of carbonyl (C=O) groups is 2. The number of carbonyl (C=O) groups excluding carboxylic acids is 2. The number of fused-ring (bicyclic) bond motifs is 1. The van der Waals surface area contributed by atoms with Gasteiger partial charge in [-0.15, -0.1) is 11.8 Å². The molecule has 130 valence electrons. The number of hydrogen-bond acceptors (Lipinski definition) is 6. The maximum Gasteiger partial charge on any atom is 0.338 e. The first-order chi connectivity index (χ1) is 11.6. The van der Waals surface area contributed by atoms with E-state index in [1.165, 1.54) is 0 Å². The van der Waals surface area contributed by atoms with E-state index in [4.69, 9.17) is 14.2 Å². The molecule has 0 N–H and O–H groups in total. The second-order valence-corrected chi connectivity index (χ2v) is 7.25. The molecule has 1 amide bonds. The predicted molar refractivity (Wildman–Crippen MR) is 90.2 cm³/mol. The van der Waals surface area contributed by atoms with Crippen molar-refractivity contribution in [2.24, 2.45) is 0 Å². The lowest BCUT2D eigenvalue weighted by Gasteiger charge is -2.24. The van der Waals surface area contributed by atoms with E-state index >= 15 is 0 Å². The summed E-state index contributed by atoms with van der Waals surface area (Å²) in [6, 6.07) is 7.82. The highest BCUT2D eigenvalue weighted by Crippen LogP contribution is 2.37. The average molecular weight is 351 g/mol. The molecule has 0 spiro atoms. The molecule has 1 aromatic rings. The van der Waals surface area contributed by atoms with Crippen LogP contribution in [0, 0.1) is 0 Å². The summed E-state index contributed by atoms with van der Waals surface area (Å²) in [7, 11) is 0. The predicted octanol–water partition coefficient (Wildman–Crippen LogP) is 1.86. The number of para-hydroxylation sites is 1. The number of ether oxygens (including phenoxy) is 3. The highest BCUT2D eigenvalue weighted by atomic mass is 32.2. The minimum absolute atomic E-state index is 0.174. The van der Waals surface area contributed by atoms with Gasteiger partial charge in [-0.2, -0.15) is 0 Å². The van der Waals surface area contributed by atoms with E-state index in [0.717, 1.165) is 17.0 Å². The summed E-state index contributed by atoms with van der Waals surface area (Å²) in [5, 5.41) is 0.430. The molecule has 1 fully saturated rings. The van der Waals surface area contributed by atoms with Crippen LogP contribution in [0.5, 0.6) is 0 Å². The maximum atomic E-state index is 12.6. The zero-order valence-electron chi connectivity index (χ0n) is 13.6. The van der Waals surface area contributed by atoms with Crippen molar-refractivity contribution in [3.8, 4) is 0 Å². The molecule has 0 unspecified atom stereocenters. The minimum atomic E-state index is -0.737. The molecule has 2 aliphatic heterocycles. The largest absolute Gasteiger partial charge is 0.454 e. The Labute approximate surface area is 145 Å². The summed E-state index contributed by atoms with van der Waals surface area (Å²) in [6.45, 7) is 3.49. The Morgan fingerprint density at radius 1 is 1.33 bits per heavy atom. The van der Waals surface area contributed by atoms with Crippen molar-refractivity contribution in [3.05, 3.63) is 24.3 Å². The number of esters is 1. The van der Waals surface area contributed by atoms with Crippen LogP contribution in [-0.2, 0) is 23.8 Å². The third-order valence-electron chi connectivity index (χ3n) is 3.96. The van der Waals surface area contributed by atoms with E-state index in [1.54, 1.807) is 16.7 Å². The van der Waals surface area contributed by atoms with Crippen molar-refractivity contribution < 1.29 is 23.8 Å². The Morgan fingerprint density at radius 3 is 2.96 bits per heavy atom. The van der Waals surface area contributed by atoms with Crippen molar-refractivity contribution in [3.63, 3.8) is 0 Å². The van der Waals surface area contributed by atoms with Crippen molar-refractivity contribution >= 4 is 29.3 Å². The molecule has 2 heterocycles. The first kappa shape index (κ1) is 17.3. The van der Waals surface area contributed by atoms with Crippen LogP contribution in [0.3, 0.4) is 0 Å². The van der Waals surface area contributed by atoms with Crippen molar-refractivity contribution in [2.45, 2.75) is 29.6 Å². The number of amides is 1. The molecule has 0 bridgehead atoms. The van der Waals surface area contributed by atoms with E-state index in [9.17, 15) is 9.59 Å². The fraction of sp³-hybridized carbons (Fsp3) is 0.529. The van der Waals surface area contributed by atoms with Gasteiger partial charge in [-0.3, -0.25) is 4.79 Å². The number of nitrogens with zero attached hydrogens (tertiary/aromatic N) is 1. The fourth-order valence-corrected chi connectivity index (χ4v) is 3.79.